The van der Waals surface area contributed by atoms with E-state index in [4.69, 9.17) is 5.73 Å². The molecule has 1 aromatic heterocycles. The molecule has 3 heteroatoms. The zero-order valence-corrected chi connectivity index (χ0v) is 15.6. The number of nitrogens with two attached hydrogens (primary N) is 1. The lowest BCUT2D eigenvalue weighted by atomic mass is 9.47. The van der Waals surface area contributed by atoms with E-state index in [1.165, 1.54) is 44.2 Å². The summed E-state index contributed by atoms with van der Waals surface area (Å²) >= 11 is 0. The lowest BCUT2D eigenvalue weighted by molar-refractivity contribution is -0.0127. The first-order valence-electron chi connectivity index (χ1n) is 10.2. The van der Waals surface area contributed by atoms with Crippen LogP contribution in [-0.4, -0.2) is 15.6 Å². The Kier molecular flexibility index (Phi) is 3.38. The Labute approximate surface area is 151 Å². The van der Waals surface area contributed by atoms with Crippen LogP contribution in [0.2, 0.25) is 0 Å². The number of aromatic nitrogens is 2. The fourth-order valence-corrected chi connectivity index (χ4v) is 7.04. The molecule has 25 heavy (non-hydrogen) atoms. The second kappa shape index (κ2) is 5.33. The molecule has 0 radical (unpaired) electrons. The first-order chi connectivity index (χ1) is 12.0. The van der Waals surface area contributed by atoms with E-state index in [2.05, 4.69) is 41.7 Å². The second-order valence-corrected chi connectivity index (χ2v) is 9.51. The maximum atomic E-state index is 6.29. The maximum Gasteiger partial charge on any atom is 0.0989 e. The number of rotatable bonds is 1. The summed E-state index contributed by atoms with van der Waals surface area (Å²) in [6, 6.07) is 0.394. The van der Waals surface area contributed by atoms with Gasteiger partial charge in [0.15, 0.2) is 0 Å². The van der Waals surface area contributed by atoms with E-state index in [0.717, 1.165) is 24.2 Å². The van der Waals surface area contributed by atoms with Crippen LogP contribution in [0, 0.1) is 28.6 Å². The molecule has 3 nitrogen and oxygen atoms in total. The quantitative estimate of drug-likeness (QED) is 0.760. The number of imidazole rings is 1. The van der Waals surface area contributed by atoms with Crippen molar-refractivity contribution >= 4 is 5.70 Å². The predicted octanol–water partition coefficient (Wildman–Crippen LogP) is 4.62. The number of allylic oxidation sites excluding steroid dienone is 3. The first-order valence-corrected chi connectivity index (χ1v) is 10.2. The van der Waals surface area contributed by atoms with Gasteiger partial charge in [-0.1, -0.05) is 31.6 Å². The molecule has 0 spiro atoms. The van der Waals surface area contributed by atoms with E-state index in [1.54, 1.807) is 5.57 Å². The monoisotopic (exact) mass is 337 g/mol. The highest BCUT2D eigenvalue weighted by Crippen LogP contribution is 2.65. The first kappa shape index (κ1) is 15.9. The molecule has 2 fully saturated rings. The number of fused-ring (bicyclic) bond motifs is 5. The molecule has 0 aliphatic heterocycles. The van der Waals surface area contributed by atoms with Gasteiger partial charge in [-0.15, -0.1) is 0 Å². The molecule has 4 aliphatic carbocycles. The zero-order chi connectivity index (χ0) is 17.2. The summed E-state index contributed by atoms with van der Waals surface area (Å²) in [6.45, 7) is 5.08. The van der Waals surface area contributed by atoms with Crippen LogP contribution >= 0.6 is 0 Å². The lowest BCUT2D eigenvalue weighted by Gasteiger charge is -2.57. The molecule has 0 bridgehead atoms. The fraction of sp³-hybridized carbons (Fsp3) is 0.682. The van der Waals surface area contributed by atoms with Crippen molar-refractivity contribution in [3.05, 3.63) is 36.4 Å². The van der Waals surface area contributed by atoms with Crippen LogP contribution in [0.4, 0.5) is 0 Å². The van der Waals surface area contributed by atoms with Gasteiger partial charge >= 0.3 is 0 Å². The SMILES string of the molecule is C[C@]12CC[C@H](N)CC1=CCC1C2CC[C@]2(C)C(n3ccnc3)=CCC12. The van der Waals surface area contributed by atoms with E-state index >= 15 is 0 Å². The van der Waals surface area contributed by atoms with Crippen LogP contribution in [0.25, 0.3) is 5.70 Å². The minimum absolute atomic E-state index is 0.314. The summed E-state index contributed by atoms with van der Waals surface area (Å²) in [5.74, 6) is 2.47. The zero-order valence-electron chi connectivity index (χ0n) is 15.6. The molecule has 1 heterocycles. The van der Waals surface area contributed by atoms with Crippen LogP contribution in [-0.2, 0) is 0 Å². The van der Waals surface area contributed by atoms with Crippen LogP contribution in [0.5, 0.6) is 0 Å². The average Bonchev–Trinajstić information content (AvgIpc) is 3.22. The Hall–Kier alpha value is -1.35. The van der Waals surface area contributed by atoms with Gasteiger partial charge in [-0.3, -0.25) is 0 Å². The highest BCUT2D eigenvalue weighted by Gasteiger charge is 2.56. The van der Waals surface area contributed by atoms with Crippen molar-refractivity contribution < 1.29 is 0 Å². The van der Waals surface area contributed by atoms with Crippen molar-refractivity contribution in [2.75, 3.05) is 0 Å². The van der Waals surface area contributed by atoms with Gasteiger partial charge in [0, 0.05) is 29.5 Å². The van der Waals surface area contributed by atoms with Crippen LogP contribution in [0.3, 0.4) is 0 Å². The second-order valence-electron chi connectivity index (χ2n) is 9.51. The molecule has 3 unspecified atom stereocenters. The summed E-state index contributed by atoms with van der Waals surface area (Å²) in [4.78, 5) is 4.29. The van der Waals surface area contributed by atoms with Crippen molar-refractivity contribution in [2.45, 2.75) is 64.8 Å². The lowest BCUT2D eigenvalue weighted by Crippen LogP contribution is -2.50. The van der Waals surface area contributed by atoms with Crippen molar-refractivity contribution in [3.63, 3.8) is 0 Å². The van der Waals surface area contributed by atoms with Gasteiger partial charge in [0.25, 0.3) is 0 Å². The normalized spacial score (nSPS) is 45.9. The third kappa shape index (κ3) is 2.11. The molecule has 2 saturated carbocycles. The van der Waals surface area contributed by atoms with E-state index in [0.29, 0.717) is 16.9 Å². The molecule has 5 rings (SSSR count). The molecule has 0 saturated heterocycles. The number of nitrogens with zero attached hydrogens (tertiary/aromatic N) is 2. The number of hydrogen-bond donors (Lipinski definition) is 1. The maximum absolute atomic E-state index is 6.29. The minimum atomic E-state index is 0.314. The summed E-state index contributed by atoms with van der Waals surface area (Å²) in [7, 11) is 0. The Morgan fingerprint density at radius 2 is 1.92 bits per heavy atom. The molecular formula is C22H31N3. The summed E-state index contributed by atoms with van der Waals surface area (Å²) in [6.07, 6.45) is 20.0. The van der Waals surface area contributed by atoms with E-state index in [9.17, 15) is 0 Å². The van der Waals surface area contributed by atoms with E-state index in [-0.39, 0.29) is 0 Å². The summed E-state index contributed by atoms with van der Waals surface area (Å²) in [5, 5.41) is 0. The van der Waals surface area contributed by atoms with Crippen LogP contribution < -0.4 is 5.73 Å². The minimum Gasteiger partial charge on any atom is -0.327 e. The third-order valence-electron chi connectivity index (χ3n) is 8.46. The Bertz CT molecular complexity index is 730. The van der Waals surface area contributed by atoms with Crippen molar-refractivity contribution in [1.29, 1.82) is 0 Å². The molecule has 0 aromatic carbocycles. The molecule has 0 amide bonds. The standard InChI is InChI=1S/C22H31N3/c1-21-9-7-16(23)13-15(21)3-4-17-18-5-6-20(25-12-11-24-14-25)22(18,2)10-8-19(17)21/h3,6,11-12,14,16-19H,4-5,7-10,13,23H2,1-2H3/t16-,17?,18?,19?,21-,22-/m0/s1. The van der Waals surface area contributed by atoms with Gasteiger partial charge in [-0.25, -0.2) is 4.98 Å². The topological polar surface area (TPSA) is 43.8 Å². The van der Waals surface area contributed by atoms with Crippen LogP contribution in [0.1, 0.15) is 58.8 Å². The highest BCUT2D eigenvalue weighted by atomic mass is 15.1. The summed E-state index contributed by atoms with van der Waals surface area (Å²) < 4.78 is 2.27. The van der Waals surface area contributed by atoms with Gasteiger partial charge < -0.3 is 10.3 Å². The van der Waals surface area contributed by atoms with Gasteiger partial charge in [0.1, 0.15) is 0 Å². The number of hydrogen-bond acceptors (Lipinski definition) is 2. The Morgan fingerprint density at radius 1 is 1.08 bits per heavy atom. The van der Waals surface area contributed by atoms with Crippen molar-refractivity contribution in [3.8, 4) is 0 Å². The molecule has 6 atom stereocenters. The molecule has 1 aromatic rings. The van der Waals surface area contributed by atoms with Gasteiger partial charge in [0.2, 0.25) is 0 Å². The van der Waals surface area contributed by atoms with Crippen LogP contribution in [0.15, 0.2) is 36.4 Å². The average molecular weight is 338 g/mol. The Morgan fingerprint density at radius 3 is 2.72 bits per heavy atom. The fourth-order valence-electron chi connectivity index (χ4n) is 7.04. The van der Waals surface area contributed by atoms with Gasteiger partial charge in [0.05, 0.1) is 6.33 Å². The van der Waals surface area contributed by atoms with Crippen molar-refractivity contribution in [2.24, 2.45) is 34.3 Å². The molecule has 134 valence electrons. The predicted molar refractivity (Wildman–Crippen MR) is 102 cm³/mol. The Balaban J connectivity index is 1.48. The smallest absolute Gasteiger partial charge is 0.0989 e. The van der Waals surface area contributed by atoms with Crippen molar-refractivity contribution in [1.82, 2.24) is 9.55 Å². The molecule has 2 N–H and O–H groups in total. The van der Waals surface area contributed by atoms with E-state index in [1.807, 2.05) is 12.5 Å². The van der Waals surface area contributed by atoms with Gasteiger partial charge in [-0.2, -0.15) is 0 Å². The highest BCUT2D eigenvalue weighted by molar-refractivity contribution is 5.57. The molecular weight excluding hydrogens is 306 g/mol. The van der Waals surface area contributed by atoms with E-state index < -0.39 is 0 Å². The molecule has 4 aliphatic rings. The largest absolute Gasteiger partial charge is 0.327 e. The summed E-state index contributed by atoms with van der Waals surface area (Å²) in [5.41, 5.74) is 10.2. The van der Waals surface area contributed by atoms with Gasteiger partial charge in [-0.05, 0) is 68.1 Å². The third-order valence-corrected chi connectivity index (χ3v) is 8.46.